The lowest BCUT2D eigenvalue weighted by molar-refractivity contribution is 0.257. The zero-order valence-electron chi connectivity index (χ0n) is 10.3. The fourth-order valence-corrected chi connectivity index (χ4v) is 2.21. The lowest BCUT2D eigenvalue weighted by atomic mass is 10.1. The molecule has 0 radical (unpaired) electrons. The van der Waals surface area contributed by atoms with Gasteiger partial charge in [-0.2, -0.15) is 0 Å². The Kier molecular flexibility index (Phi) is 4.50. The van der Waals surface area contributed by atoms with Crippen molar-refractivity contribution < 1.29 is 0 Å². The number of thioether (sulfide) groups is 1. The molecule has 1 aliphatic heterocycles. The lowest BCUT2D eigenvalue weighted by Crippen LogP contribution is -2.32. The zero-order chi connectivity index (χ0) is 12.1. The molecule has 0 unspecified atom stereocenters. The van der Waals surface area contributed by atoms with E-state index in [1.165, 1.54) is 0 Å². The van der Waals surface area contributed by atoms with Crippen LogP contribution in [0.5, 0.6) is 0 Å². The number of hydrogen-bond acceptors (Lipinski definition) is 5. The molecule has 0 bridgehead atoms. The number of piperidine rings is 1. The van der Waals surface area contributed by atoms with Crippen molar-refractivity contribution in [1.82, 2.24) is 14.9 Å². The van der Waals surface area contributed by atoms with E-state index >= 15 is 0 Å². The van der Waals surface area contributed by atoms with Crippen molar-refractivity contribution in [1.29, 1.82) is 0 Å². The summed E-state index contributed by atoms with van der Waals surface area (Å²) in [4.78, 5) is 15.5. The Hall–Kier alpha value is -0.940. The number of likely N-dealkylation sites (tertiary alicyclic amines) is 1. The van der Waals surface area contributed by atoms with Crippen molar-refractivity contribution in [3.63, 3.8) is 0 Å². The van der Waals surface area contributed by atoms with Crippen molar-refractivity contribution in [2.24, 2.45) is 4.99 Å². The van der Waals surface area contributed by atoms with Crippen molar-refractivity contribution in [2.75, 3.05) is 26.4 Å². The predicted molar refractivity (Wildman–Crippen MR) is 71.9 cm³/mol. The highest BCUT2D eigenvalue weighted by Gasteiger charge is 2.14. The maximum atomic E-state index is 4.61. The number of aliphatic imine (C=N–C) groups is 1. The average Bonchev–Trinajstić information content (AvgIpc) is 2.38. The highest BCUT2D eigenvalue weighted by atomic mass is 32.2. The molecular formula is C12H18N4S. The summed E-state index contributed by atoms with van der Waals surface area (Å²) in [5.41, 5.74) is 0.906. The van der Waals surface area contributed by atoms with Crippen LogP contribution in [0.15, 0.2) is 22.4 Å². The van der Waals surface area contributed by atoms with Crippen LogP contribution in [0.25, 0.3) is 0 Å². The standard InChI is InChI=1S/C12H18N4S/c1-16-7-4-10(5-8-16)14-9-11-3-6-13-12(15-11)17-2/h3,6,9-10H,4-5,7-8H2,1-2H3. The predicted octanol–water partition coefficient (Wildman–Crippen LogP) is 1.71. The van der Waals surface area contributed by atoms with Gasteiger partial charge in [-0.25, -0.2) is 9.97 Å². The molecule has 2 heterocycles. The third-order valence-corrected chi connectivity index (χ3v) is 3.51. The lowest BCUT2D eigenvalue weighted by Gasteiger charge is -2.26. The summed E-state index contributed by atoms with van der Waals surface area (Å²) in [6.07, 6.45) is 7.94. The number of nitrogens with zero attached hydrogens (tertiary/aromatic N) is 4. The minimum atomic E-state index is 0.457. The summed E-state index contributed by atoms with van der Waals surface area (Å²) in [6.45, 7) is 2.28. The third-order valence-electron chi connectivity index (χ3n) is 2.94. The molecule has 1 fully saturated rings. The highest BCUT2D eigenvalue weighted by molar-refractivity contribution is 7.98. The smallest absolute Gasteiger partial charge is 0.187 e. The van der Waals surface area contributed by atoms with E-state index in [9.17, 15) is 0 Å². The fraction of sp³-hybridized carbons (Fsp3) is 0.583. The van der Waals surface area contributed by atoms with Crippen molar-refractivity contribution in [3.05, 3.63) is 18.0 Å². The van der Waals surface area contributed by atoms with Gasteiger partial charge in [0, 0.05) is 12.4 Å². The molecule has 0 spiro atoms. The Bertz CT molecular complexity index is 386. The van der Waals surface area contributed by atoms with Gasteiger partial charge in [0.25, 0.3) is 0 Å². The first-order chi connectivity index (χ1) is 8.28. The molecule has 0 aliphatic carbocycles. The topological polar surface area (TPSA) is 41.4 Å². The van der Waals surface area contributed by atoms with E-state index in [1.807, 2.05) is 18.5 Å². The second-order valence-corrected chi connectivity index (χ2v) is 5.05. The Balaban J connectivity index is 1.95. The summed E-state index contributed by atoms with van der Waals surface area (Å²) in [5.74, 6) is 0. The van der Waals surface area contributed by atoms with E-state index in [0.29, 0.717) is 6.04 Å². The molecule has 0 amide bonds. The van der Waals surface area contributed by atoms with Crippen LogP contribution in [-0.4, -0.2) is 53.5 Å². The maximum absolute atomic E-state index is 4.61. The first-order valence-electron chi connectivity index (χ1n) is 5.86. The van der Waals surface area contributed by atoms with Crippen LogP contribution in [0.3, 0.4) is 0 Å². The molecule has 0 N–H and O–H groups in total. The SMILES string of the molecule is CSc1nccc(C=NC2CCN(C)CC2)n1. The molecule has 1 aromatic rings. The van der Waals surface area contributed by atoms with Crippen LogP contribution < -0.4 is 0 Å². The monoisotopic (exact) mass is 250 g/mol. The van der Waals surface area contributed by atoms with Gasteiger partial charge >= 0.3 is 0 Å². The van der Waals surface area contributed by atoms with E-state index in [4.69, 9.17) is 0 Å². The van der Waals surface area contributed by atoms with Gasteiger partial charge in [-0.15, -0.1) is 0 Å². The Morgan fingerprint density at radius 1 is 1.47 bits per heavy atom. The fourth-order valence-electron chi connectivity index (χ4n) is 1.85. The largest absolute Gasteiger partial charge is 0.306 e. The average molecular weight is 250 g/mol. The second kappa shape index (κ2) is 6.12. The minimum absolute atomic E-state index is 0.457. The highest BCUT2D eigenvalue weighted by Crippen LogP contribution is 2.12. The number of aromatic nitrogens is 2. The Morgan fingerprint density at radius 2 is 2.24 bits per heavy atom. The first-order valence-corrected chi connectivity index (χ1v) is 7.09. The van der Waals surface area contributed by atoms with Crippen molar-refractivity contribution in [2.45, 2.75) is 24.0 Å². The quantitative estimate of drug-likeness (QED) is 0.465. The zero-order valence-corrected chi connectivity index (χ0v) is 11.2. The number of rotatable bonds is 3. The molecule has 1 aliphatic rings. The van der Waals surface area contributed by atoms with Crippen LogP contribution >= 0.6 is 11.8 Å². The van der Waals surface area contributed by atoms with Gasteiger partial charge in [-0.1, -0.05) is 11.8 Å². The molecule has 17 heavy (non-hydrogen) atoms. The van der Waals surface area contributed by atoms with E-state index in [1.54, 1.807) is 18.0 Å². The molecule has 1 saturated heterocycles. The van der Waals surface area contributed by atoms with Crippen LogP contribution in [0.4, 0.5) is 0 Å². The second-order valence-electron chi connectivity index (χ2n) is 4.28. The molecule has 2 rings (SSSR count). The molecule has 4 nitrogen and oxygen atoms in total. The molecule has 92 valence electrons. The van der Waals surface area contributed by atoms with Crippen LogP contribution in [-0.2, 0) is 0 Å². The van der Waals surface area contributed by atoms with E-state index < -0.39 is 0 Å². The Labute approximate surface area is 107 Å². The van der Waals surface area contributed by atoms with Gasteiger partial charge in [-0.05, 0) is 45.3 Å². The van der Waals surface area contributed by atoms with E-state index in [2.05, 4.69) is 26.9 Å². The van der Waals surface area contributed by atoms with Crippen molar-refractivity contribution in [3.8, 4) is 0 Å². The van der Waals surface area contributed by atoms with Gasteiger partial charge in [0.05, 0.1) is 11.7 Å². The first kappa shape index (κ1) is 12.5. The van der Waals surface area contributed by atoms with Crippen LogP contribution in [0, 0.1) is 0 Å². The van der Waals surface area contributed by atoms with Gasteiger partial charge in [-0.3, -0.25) is 4.99 Å². The molecule has 0 atom stereocenters. The molecular weight excluding hydrogens is 232 g/mol. The Morgan fingerprint density at radius 3 is 2.94 bits per heavy atom. The molecule has 5 heteroatoms. The number of hydrogen-bond donors (Lipinski definition) is 0. The summed E-state index contributed by atoms with van der Waals surface area (Å²) in [6, 6.07) is 2.36. The van der Waals surface area contributed by atoms with Crippen LogP contribution in [0.1, 0.15) is 18.5 Å². The van der Waals surface area contributed by atoms with Gasteiger partial charge in [0.15, 0.2) is 5.16 Å². The molecule has 0 saturated carbocycles. The summed E-state index contributed by atoms with van der Waals surface area (Å²) < 4.78 is 0. The van der Waals surface area contributed by atoms with Gasteiger partial charge < -0.3 is 4.90 Å². The van der Waals surface area contributed by atoms with E-state index in [-0.39, 0.29) is 0 Å². The molecule has 0 aromatic carbocycles. The summed E-state index contributed by atoms with van der Waals surface area (Å²) in [5, 5.41) is 0.803. The summed E-state index contributed by atoms with van der Waals surface area (Å²) in [7, 11) is 2.16. The normalized spacial score (nSPS) is 18.9. The third kappa shape index (κ3) is 3.78. The van der Waals surface area contributed by atoms with Gasteiger partial charge in [0.1, 0.15) is 0 Å². The van der Waals surface area contributed by atoms with E-state index in [0.717, 1.165) is 36.8 Å². The van der Waals surface area contributed by atoms with Crippen LogP contribution in [0.2, 0.25) is 0 Å². The summed E-state index contributed by atoms with van der Waals surface area (Å²) >= 11 is 1.55. The minimum Gasteiger partial charge on any atom is -0.306 e. The molecule has 1 aromatic heterocycles. The maximum Gasteiger partial charge on any atom is 0.187 e. The van der Waals surface area contributed by atoms with Crippen molar-refractivity contribution >= 4 is 18.0 Å². The van der Waals surface area contributed by atoms with Gasteiger partial charge in [0.2, 0.25) is 0 Å².